The van der Waals surface area contributed by atoms with Crippen molar-refractivity contribution in [2.75, 3.05) is 5.32 Å². The second kappa shape index (κ2) is 7.13. The van der Waals surface area contributed by atoms with Gasteiger partial charge in [-0.1, -0.05) is 29.4 Å². The summed E-state index contributed by atoms with van der Waals surface area (Å²) in [6.07, 6.45) is -0.142. The number of anilines is 1. The van der Waals surface area contributed by atoms with E-state index >= 15 is 0 Å². The monoisotopic (exact) mass is 388 g/mol. The Bertz CT molecular complexity index is 1000. The summed E-state index contributed by atoms with van der Waals surface area (Å²) in [5.74, 6) is -1.12. The van der Waals surface area contributed by atoms with Gasteiger partial charge >= 0.3 is 5.97 Å². The number of carbonyl (C=O) groups is 2. The Balaban J connectivity index is 2.21. The SMILES string of the molecule is CC(=O)Nc1cccc2c1=C(Sc1ccc(Cl)cc1)C(C)(CC(=O)O)N=2. The van der Waals surface area contributed by atoms with Crippen molar-refractivity contribution in [1.29, 1.82) is 0 Å². The molecule has 0 saturated carbocycles. The summed E-state index contributed by atoms with van der Waals surface area (Å²) in [6.45, 7) is 3.24. The number of benzene rings is 2. The minimum Gasteiger partial charge on any atom is -0.481 e. The molecular formula is C19H17ClN2O3S. The number of nitrogens with zero attached hydrogens (tertiary/aromatic N) is 1. The standard InChI is InChI=1S/C19H17ClN2O3S/c1-11(23)21-14-4-3-5-15-17(14)18(19(2,22-15)10-16(24)25)26-13-8-6-12(20)7-9-13/h3-9H,10H2,1-2H3,(H,21,23)(H,24,25). The van der Waals surface area contributed by atoms with Gasteiger partial charge in [-0.25, -0.2) is 0 Å². The Morgan fingerprint density at radius 1 is 1.23 bits per heavy atom. The van der Waals surface area contributed by atoms with Gasteiger partial charge in [0.1, 0.15) is 5.54 Å². The molecule has 1 amide bonds. The van der Waals surface area contributed by atoms with E-state index in [2.05, 4.69) is 10.3 Å². The molecule has 0 radical (unpaired) electrons. The lowest BCUT2D eigenvalue weighted by molar-refractivity contribution is -0.137. The van der Waals surface area contributed by atoms with E-state index in [0.717, 1.165) is 15.0 Å². The number of hydrogen-bond donors (Lipinski definition) is 2. The molecule has 1 atom stereocenters. The molecule has 7 heteroatoms. The molecule has 0 bridgehead atoms. The predicted octanol–water partition coefficient (Wildman–Crippen LogP) is 3.07. The van der Waals surface area contributed by atoms with Crippen molar-refractivity contribution in [1.82, 2.24) is 0 Å². The van der Waals surface area contributed by atoms with Crippen molar-refractivity contribution in [3.63, 3.8) is 0 Å². The minimum atomic E-state index is -0.931. The molecule has 0 aliphatic carbocycles. The third-order valence-corrected chi connectivity index (χ3v) is 5.57. The molecule has 1 unspecified atom stereocenters. The molecule has 134 valence electrons. The van der Waals surface area contributed by atoms with Gasteiger partial charge in [-0.15, -0.1) is 0 Å². The van der Waals surface area contributed by atoms with E-state index in [4.69, 9.17) is 11.6 Å². The molecule has 0 spiro atoms. The summed E-state index contributed by atoms with van der Waals surface area (Å²) in [5, 5.41) is 14.3. The van der Waals surface area contributed by atoms with Gasteiger partial charge in [0, 0.05) is 27.0 Å². The Morgan fingerprint density at radius 2 is 1.92 bits per heavy atom. The van der Waals surface area contributed by atoms with Gasteiger partial charge in [-0.3, -0.25) is 14.6 Å². The quantitative estimate of drug-likeness (QED) is 0.825. The van der Waals surface area contributed by atoms with Crippen molar-refractivity contribution in [2.24, 2.45) is 4.99 Å². The van der Waals surface area contributed by atoms with Crippen molar-refractivity contribution >= 4 is 45.8 Å². The van der Waals surface area contributed by atoms with Crippen LogP contribution >= 0.6 is 23.4 Å². The van der Waals surface area contributed by atoms with Crippen molar-refractivity contribution in [3.8, 4) is 0 Å². The molecule has 0 saturated heterocycles. The molecule has 5 nitrogen and oxygen atoms in total. The average Bonchev–Trinajstić information content (AvgIpc) is 2.81. The predicted molar refractivity (Wildman–Crippen MR) is 103 cm³/mol. The van der Waals surface area contributed by atoms with Gasteiger partial charge < -0.3 is 10.4 Å². The fourth-order valence-corrected chi connectivity index (χ4v) is 4.24. The Hall–Kier alpha value is -2.31. The number of carboxylic acids is 1. The van der Waals surface area contributed by atoms with E-state index in [0.29, 0.717) is 16.1 Å². The number of hydrogen-bond acceptors (Lipinski definition) is 4. The summed E-state index contributed by atoms with van der Waals surface area (Å²) in [7, 11) is 0. The topological polar surface area (TPSA) is 78.8 Å². The van der Waals surface area contributed by atoms with E-state index < -0.39 is 11.5 Å². The van der Waals surface area contributed by atoms with Gasteiger partial charge in [-0.2, -0.15) is 0 Å². The molecule has 1 heterocycles. The maximum absolute atomic E-state index is 11.6. The van der Waals surface area contributed by atoms with Gasteiger partial charge in [0.05, 0.1) is 17.5 Å². The fraction of sp³-hybridized carbons (Fsp3) is 0.211. The van der Waals surface area contributed by atoms with Crippen LogP contribution in [-0.4, -0.2) is 22.5 Å². The molecule has 1 aliphatic rings. The maximum Gasteiger partial charge on any atom is 0.306 e. The lowest BCUT2D eigenvalue weighted by atomic mass is 9.98. The Morgan fingerprint density at radius 3 is 2.54 bits per heavy atom. The van der Waals surface area contributed by atoms with Crippen LogP contribution in [0.15, 0.2) is 52.4 Å². The molecule has 3 rings (SSSR count). The zero-order chi connectivity index (χ0) is 18.9. The highest BCUT2D eigenvalue weighted by Crippen LogP contribution is 2.41. The molecule has 26 heavy (non-hydrogen) atoms. The van der Waals surface area contributed by atoms with E-state index in [1.54, 1.807) is 31.2 Å². The maximum atomic E-state index is 11.6. The number of carboxylic acid groups (broad SMARTS) is 1. The number of aliphatic carboxylic acids is 1. The molecule has 1 aliphatic heterocycles. The number of thioether (sulfide) groups is 1. The number of carbonyl (C=O) groups excluding carboxylic acids is 1. The molecule has 2 aromatic carbocycles. The van der Waals surface area contributed by atoms with Gasteiger partial charge in [0.2, 0.25) is 5.91 Å². The Kier molecular flexibility index (Phi) is 5.07. The third-order valence-electron chi connectivity index (χ3n) is 3.97. The van der Waals surface area contributed by atoms with Crippen LogP contribution < -0.4 is 15.9 Å². The second-order valence-electron chi connectivity index (χ2n) is 6.22. The van der Waals surface area contributed by atoms with Crippen LogP contribution in [0, 0.1) is 0 Å². The van der Waals surface area contributed by atoms with Crippen molar-refractivity contribution in [2.45, 2.75) is 30.7 Å². The molecule has 0 aromatic heterocycles. The normalized spacial score (nSPS) is 18.2. The first-order valence-electron chi connectivity index (χ1n) is 7.95. The van der Waals surface area contributed by atoms with Crippen molar-refractivity contribution < 1.29 is 14.7 Å². The van der Waals surface area contributed by atoms with Crippen LogP contribution in [0.5, 0.6) is 0 Å². The van der Waals surface area contributed by atoms with Gasteiger partial charge in [0.25, 0.3) is 0 Å². The van der Waals surface area contributed by atoms with Crippen LogP contribution in [0.3, 0.4) is 0 Å². The first kappa shape index (κ1) is 18.5. The molecule has 0 fully saturated rings. The van der Waals surface area contributed by atoms with E-state index in [1.165, 1.54) is 18.7 Å². The molecular weight excluding hydrogens is 372 g/mol. The van der Waals surface area contributed by atoms with E-state index in [9.17, 15) is 14.7 Å². The van der Waals surface area contributed by atoms with Crippen LogP contribution in [0.4, 0.5) is 5.69 Å². The average molecular weight is 389 g/mol. The lowest BCUT2D eigenvalue weighted by Gasteiger charge is -2.23. The summed E-state index contributed by atoms with van der Waals surface area (Å²) < 4.78 is 0. The summed E-state index contributed by atoms with van der Waals surface area (Å²) in [4.78, 5) is 29.4. The van der Waals surface area contributed by atoms with Gasteiger partial charge in [-0.05, 0) is 43.3 Å². The summed E-state index contributed by atoms with van der Waals surface area (Å²) >= 11 is 7.40. The molecule has 2 N–H and O–H groups in total. The molecule has 2 aromatic rings. The van der Waals surface area contributed by atoms with Crippen LogP contribution in [0.1, 0.15) is 20.3 Å². The highest BCUT2D eigenvalue weighted by molar-refractivity contribution is 8.08. The van der Waals surface area contributed by atoms with Crippen LogP contribution in [0.25, 0.3) is 4.91 Å². The third kappa shape index (κ3) is 3.76. The Labute approximate surface area is 159 Å². The summed E-state index contributed by atoms with van der Waals surface area (Å²) in [6, 6.07) is 12.7. The van der Waals surface area contributed by atoms with Crippen LogP contribution in [0.2, 0.25) is 5.02 Å². The lowest BCUT2D eigenvalue weighted by Crippen LogP contribution is -2.29. The first-order valence-corrected chi connectivity index (χ1v) is 9.14. The largest absolute Gasteiger partial charge is 0.481 e. The van der Waals surface area contributed by atoms with Gasteiger partial charge in [0.15, 0.2) is 0 Å². The van der Waals surface area contributed by atoms with E-state index in [-0.39, 0.29) is 12.3 Å². The number of nitrogens with one attached hydrogen (secondary N) is 1. The van der Waals surface area contributed by atoms with Crippen LogP contribution in [-0.2, 0) is 9.59 Å². The highest BCUT2D eigenvalue weighted by Gasteiger charge is 2.36. The second-order valence-corrected chi connectivity index (χ2v) is 7.74. The smallest absolute Gasteiger partial charge is 0.306 e. The van der Waals surface area contributed by atoms with E-state index in [1.807, 2.05) is 18.2 Å². The minimum absolute atomic E-state index is 0.142. The summed E-state index contributed by atoms with van der Waals surface area (Å²) in [5.41, 5.74) is -0.281. The zero-order valence-electron chi connectivity index (χ0n) is 14.2. The number of rotatable bonds is 5. The number of fused-ring (bicyclic) bond motifs is 1. The first-order chi connectivity index (χ1) is 12.3. The highest BCUT2D eigenvalue weighted by atomic mass is 35.5. The van der Waals surface area contributed by atoms with Crippen molar-refractivity contribution in [3.05, 3.63) is 58.1 Å². The number of amides is 1. The fourth-order valence-electron chi connectivity index (χ4n) is 2.95. The zero-order valence-corrected chi connectivity index (χ0v) is 15.8. The number of halogens is 1.